The highest BCUT2D eigenvalue weighted by Gasteiger charge is 2.21. The molecule has 0 aliphatic carbocycles. The van der Waals surface area contributed by atoms with E-state index in [9.17, 15) is 14.0 Å². The predicted octanol–water partition coefficient (Wildman–Crippen LogP) is 2.47. The van der Waals surface area contributed by atoms with Crippen LogP contribution in [0.4, 0.5) is 15.8 Å². The van der Waals surface area contributed by atoms with Crippen LogP contribution in [0.2, 0.25) is 0 Å². The Bertz CT molecular complexity index is 747. The molecule has 0 aromatic heterocycles. The van der Waals surface area contributed by atoms with E-state index in [1.807, 2.05) is 0 Å². The Morgan fingerprint density at radius 2 is 1.84 bits per heavy atom. The molecule has 6 nitrogen and oxygen atoms in total. The molecule has 7 heteroatoms. The lowest BCUT2D eigenvalue weighted by Crippen LogP contribution is -2.33. The average Bonchev–Trinajstić information content (AvgIpc) is 3.06. The summed E-state index contributed by atoms with van der Waals surface area (Å²) in [6.07, 6.45) is 1.46. The van der Waals surface area contributed by atoms with E-state index in [0.29, 0.717) is 17.9 Å². The van der Waals surface area contributed by atoms with Crippen LogP contribution in [-0.2, 0) is 9.59 Å². The quantitative estimate of drug-likeness (QED) is 0.791. The van der Waals surface area contributed by atoms with Crippen molar-refractivity contribution >= 4 is 23.2 Å². The number of amides is 2. The summed E-state index contributed by atoms with van der Waals surface area (Å²) in [5, 5.41) is 0. The van der Waals surface area contributed by atoms with Gasteiger partial charge in [-0.1, -0.05) is 0 Å². The monoisotopic (exact) mass is 343 g/mol. The Labute approximate surface area is 144 Å². The highest BCUT2D eigenvalue weighted by molar-refractivity contribution is 5.95. The number of carbonyl (C=O) groups excluding carboxylic acids is 2. The van der Waals surface area contributed by atoms with Crippen LogP contribution >= 0.6 is 0 Å². The van der Waals surface area contributed by atoms with E-state index in [2.05, 4.69) is 10.9 Å². The molecule has 0 saturated carbocycles. The van der Waals surface area contributed by atoms with Gasteiger partial charge in [0.05, 0.1) is 5.69 Å². The Morgan fingerprint density at radius 3 is 2.48 bits per heavy atom. The molecule has 1 aliphatic heterocycles. The number of nitrogens with one attached hydrogen (secondary N) is 2. The van der Waals surface area contributed by atoms with Gasteiger partial charge in [0.2, 0.25) is 5.91 Å². The van der Waals surface area contributed by atoms with Gasteiger partial charge in [-0.15, -0.1) is 0 Å². The van der Waals surface area contributed by atoms with Crippen LogP contribution in [0.5, 0.6) is 5.75 Å². The lowest BCUT2D eigenvalue weighted by Gasteiger charge is -2.16. The zero-order chi connectivity index (χ0) is 17.6. The second kappa shape index (κ2) is 7.65. The first-order valence-electron chi connectivity index (χ1n) is 7.95. The summed E-state index contributed by atoms with van der Waals surface area (Å²) in [7, 11) is 0. The molecule has 0 spiro atoms. The van der Waals surface area contributed by atoms with Crippen molar-refractivity contribution in [3.05, 3.63) is 54.3 Å². The minimum atomic E-state index is -0.372. The first-order valence-corrected chi connectivity index (χ1v) is 7.95. The van der Waals surface area contributed by atoms with Gasteiger partial charge in [0.1, 0.15) is 11.6 Å². The molecule has 1 saturated heterocycles. The molecule has 25 heavy (non-hydrogen) atoms. The number of nitrogens with zero attached hydrogens (tertiary/aromatic N) is 1. The maximum Gasteiger partial charge on any atom is 0.276 e. The first-order chi connectivity index (χ1) is 12.1. The minimum Gasteiger partial charge on any atom is -0.484 e. The number of anilines is 2. The number of halogens is 1. The number of hydrazine groups is 1. The van der Waals surface area contributed by atoms with Crippen LogP contribution in [0.15, 0.2) is 48.5 Å². The summed E-state index contributed by atoms with van der Waals surface area (Å²) in [4.78, 5) is 25.2. The molecule has 2 amide bonds. The van der Waals surface area contributed by atoms with Gasteiger partial charge in [-0.3, -0.25) is 20.4 Å². The van der Waals surface area contributed by atoms with E-state index in [1.54, 1.807) is 29.2 Å². The van der Waals surface area contributed by atoms with Crippen molar-refractivity contribution in [2.45, 2.75) is 12.8 Å². The minimum absolute atomic E-state index is 0.125. The van der Waals surface area contributed by atoms with Crippen LogP contribution in [0.3, 0.4) is 0 Å². The summed E-state index contributed by atoms with van der Waals surface area (Å²) in [6, 6.07) is 12.6. The van der Waals surface area contributed by atoms with Gasteiger partial charge in [0.25, 0.3) is 5.91 Å². The van der Waals surface area contributed by atoms with Gasteiger partial charge in [0, 0.05) is 18.7 Å². The highest BCUT2D eigenvalue weighted by Crippen LogP contribution is 2.23. The van der Waals surface area contributed by atoms with Gasteiger partial charge >= 0.3 is 0 Å². The number of rotatable bonds is 6. The lowest BCUT2D eigenvalue weighted by molar-refractivity contribution is -0.122. The van der Waals surface area contributed by atoms with Crippen molar-refractivity contribution in [3.63, 3.8) is 0 Å². The lowest BCUT2D eigenvalue weighted by atomic mass is 10.3. The maximum atomic E-state index is 12.8. The van der Waals surface area contributed by atoms with Crippen molar-refractivity contribution in [3.8, 4) is 5.75 Å². The Balaban J connectivity index is 1.45. The molecule has 0 radical (unpaired) electrons. The second-order valence-corrected chi connectivity index (χ2v) is 5.61. The molecule has 0 bridgehead atoms. The zero-order valence-corrected chi connectivity index (χ0v) is 13.5. The van der Waals surface area contributed by atoms with Crippen LogP contribution in [0.1, 0.15) is 12.8 Å². The van der Waals surface area contributed by atoms with Crippen molar-refractivity contribution < 1.29 is 18.7 Å². The molecule has 2 aromatic rings. The van der Waals surface area contributed by atoms with E-state index in [-0.39, 0.29) is 24.2 Å². The number of hydrogen-bond donors (Lipinski definition) is 2. The molecular formula is C18H18FN3O3. The Morgan fingerprint density at radius 1 is 1.12 bits per heavy atom. The summed E-state index contributed by atoms with van der Waals surface area (Å²) >= 11 is 0. The molecule has 2 aromatic carbocycles. The molecule has 0 unspecified atom stereocenters. The summed E-state index contributed by atoms with van der Waals surface area (Å²) < 4.78 is 18.2. The Hall–Kier alpha value is -3.09. The largest absolute Gasteiger partial charge is 0.484 e. The molecule has 1 fully saturated rings. The number of benzene rings is 2. The third-order valence-corrected chi connectivity index (χ3v) is 3.78. The van der Waals surface area contributed by atoms with Crippen molar-refractivity contribution in [2.75, 3.05) is 23.5 Å². The molecule has 0 atom stereocenters. The van der Waals surface area contributed by atoms with Crippen LogP contribution < -0.4 is 20.5 Å². The van der Waals surface area contributed by atoms with E-state index >= 15 is 0 Å². The van der Waals surface area contributed by atoms with Gasteiger partial charge in [-0.05, 0) is 55.0 Å². The fourth-order valence-electron chi connectivity index (χ4n) is 2.50. The maximum absolute atomic E-state index is 12.8. The van der Waals surface area contributed by atoms with E-state index in [1.165, 1.54) is 24.3 Å². The van der Waals surface area contributed by atoms with E-state index in [4.69, 9.17) is 4.74 Å². The number of ether oxygens (including phenoxy) is 1. The van der Waals surface area contributed by atoms with Gasteiger partial charge < -0.3 is 9.64 Å². The van der Waals surface area contributed by atoms with Crippen LogP contribution in [-0.4, -0.2) is 25.0 Å². The number of carbonyl (C=O) groups is 2. The Kier molecular flexibility index (Phi) is 5.13. The van der Waals surface area contributed by atoms with Gasteiger partial charge in [-0.25, -0.2) is 4.39 Å². The average molecular weight is 343 g/mol. The fraction of sp³-hybridized carbons (Fsp3) is 0.222. The summed E-state index contributed by atoms with van der Waals surface area (Å²) in [5.74, 6) is -0.0605. The smallest absolute Gasteiger partial charge is 0.276 e. The fourth-order valence-corrected chi connectivity index (χ4v) is 2.50. The molecule has 130 valence electrons. The normalized spacial score (nSPS) is 13.6. The standard InChI is InChI=1S/C18H18FN3O3/c19-13-3-5-14(6-4-13)20-21-17(23)12-25-16-9-7-15(8-10-16)22-11-1-2-18(22)24/h3-10,20H,1-2,11-12H2,(H,21,23). The SMILES string of the molecule is O=C(COc1ccc(N2CCCC2=O)cc1)NNc1ccc(F)cc1. The molecular weight excluding hydrogens is 325 g/mol. The molecule has 2 N–H and O–H groups in total. The van der Waals surface area contributed by atoms with E-state index in [0.717, 1.165) is 18.7 Å². The predicted molar refractivity (Wildman–Crippen MR) is 91.7 cm³/mol. The third-order valence-electron chi connectivity index (χ3n) is 3.78. The van der Waals surface area contributed by atoms with Gasteiger partial charge in [-0.2, -0.15) is 0 Å². The second-order valence-electron chi connectivity index (χ2n) is 5.61. The first kappa shape index (κ1) is 16.8. The van der Waals surface area contributed by atoms with Crippen LogP contribution in [0.25, 0.3) is 0 Å². The van der Waals surface area contributed by atoms with Gasteiger partial charge in [0.15, 0.2) is 6.61 Å². The molecule has 3 rings (SSSR count). The summed E-state index contributed by atoms with van der Waals surface area (Å²) in [5.41, 5.74) is 6.52. The van der Waals surface area contributed by atoms with Crippen molar-refractivity contribution in [2.24, 2.45) is 0 Å². The molecule has 1 aliphatic rings. The third kappa shape index (κ3) is 4.47. The van der Waals surface area contributed by atoms with Crippen molar-refractivity contribution in [1.29, 1.82) is 0 Å². The van der Waals surface area contributed by atoms with Crippen LogP contribution in [0, 0.1) is 5.82 Å². The van der Waals surface area contributed by atoms with E-state index < -0.39 is 0 Å². The zero-order valence-electron chi connectivity index (χ0n) is 13.5. The summed E-state index contributed by atoms with van der Waals surface area (Å²) in [6.45, 7) is 0.562. The molecule has 1 heterocycles. The number of hydrogen-bond acceptors (Lipinski definition) is 4. The topological polar surface area (TPSA) is 70.7 Å². The highest BCUT2D eigenvalue weighted by atomic mass is 19.1. The van der Waals surface area contributed by atoms with Crippen molar-refractivity contribution in [1.82, 2.24) is 5.43 Å².